The topological polar surface area (TPSA) is 56.2 Å². The molecule has 1 heterocycles. The van der Waals surface area contributed by atoms with E-state index in [-0.39, 0.29) is 18.6 Å². The number of para-hydroxylation sites is 2. The van der Waals surface area contributed by atoms with Gasteiger partial charge in [-0.25, -0.2) is 4.98 Å². The number of aromatic nitrogens is 2. The fourth-order valence-electron chi connectivity index (χ4n) is 3.34. The van der Waals surface area contributed by atoms with E-state index in [1.165, 1.54) is 7.11 Å². The van der Waals surface area contributed by atoms with Gasteiger partial charge in [0.05, 0.1) is 17.1 Å². The number of hydrogen-bond acceptors (Lipinski definition) is 3. The van der Waals surface area contributed by atoms with Crippen LogP contribution in [0.3, 0.4) is 0 Å². The van der Waals surface area contributed by atoms with Gasteiger partial charge in [-0.1, -0.05) is 55.8 Å². The van der Waals surface area contributed by atoms with Crippen LogP contribution in [0.2, 0.25) is 0 Å². The lowest BCUT2D eigenvalue weighted by Crippen LogP contribution is -2.34. The smallest absolute Gasteiger partial charge is 0.246 e. The molecule has 1 N–H and O–H groups in total. The Hall–Kier alpha value is -2.66. The van der Waals surface area contributed by atoms with Crippen LogP contribution in [-0.2, 0) is 22.5 Å². The van der Waals surface area contributed by atoms with Gasteiger partial charge >= 0.3 is 0 Å². The van der Waals surface area contributed by atoms with E-state index in [2.05, 4.69) is 35.0 Å². The molecule has 2 aromatic carbocycles. The second kappa shape index (κ2) is 9.33. The molecule has 3 aromatic rings. The molecule has 0 spiro atoms. The van der Waals surface area contributed by atoms with E-state index in [0.717, 1.165) is 41.8 Å². The number of fused-ring (bicyclic) bond motifs is 1. The molecule has 0 fully saturated rings. The second-order valence-corrected chi connectivity index (χ2v) is 6.71. The Balaban J connectivity index is 2.00. The minimum absolute atomic E-state index is 0.0421. The minimum atomic E-state index is -0.209. The van der Waals surface area contributed by atoms with Gasteiger partial charge in [-0.15, -0.1) is 0 Å². The van der Waals surface area contributed by atoms with Crippen molar-refractivity contribution in [1.82, 2.24) is 14.9 Å². The summed E-state index contributed by atoms with van der Waals surface area (Å²) in [6, 6.07) is 18.1. The number of ether oxygens (including phenoxy) is 1. The molecule has 5 heteroatoms. The van der Waals surface area contributed by atoms with Crippen molar-refractivity contribution >= 4 is 16.9 Å². The highest BCUT2D eigenvalue weighted by Gasteiger charge is 2.22. The van der Waals surface area contributed by atoms with Crippen LogP contribution in [0.25, 0.3) is 11.0 Å². The maximum atomic E-state index is 12.3. The van der Waals surface area contributed by atoms with Crippen molar-refractivity contribution in [1.29, 1.82) is 0 Å². The van der Waals surface area contributed by atoms with Gasteiger partial charge in [0.25, 0.3) is 0 Å². The monoisotopic (exact) mass is 365 g/mol. The van der Waals surface area contributed by atoms with Gasteiger partial charge in [0, 0.05) is 13.7 Å². The molecule has 1 atom stereocenters. The van der Waals surface area contributed by atoms with Crippen LogP contribution < -0.4 is 5.32 Å². The predicted octanol–water partition coefficient (Wildman–Crippen LogP) is 3.88. The van der Waals surface area contributed by atoms with Crippen molar-refractivity contribution in [2.75, 3.05) is 13.7 Å². The lowest BCUT2D eigenvalue weighted by molar-refractivity contribution is -0.125. The minimum Gasteiger partial charge on any atom is -0.375 e. The summed E-state index contributed by atoms with van der Waals surface area (Å²) in [5.74, 6) is 0.769. The third-order valence-electron chi connectivity index (χ3n) is 4.62. The first-order valence-electron chi connectivity index (χ1n) is 9.50. The zero-order chi connectivity index (χ0) is 19.1. The van der Waals surface area contributed by atoms with Crippen molar-refractivity contribution in [2.24, 2.45) is 0 Å². The maximum absolute atomic E-state index is 12.3. The Labute approximate surface area is 160 Å². The quantitative estimate of drug-likeness (QED) is 0.626. The molecule has 142 valence electrons. The maximum Gasteiger partial charge on any atom is 0.246 e. The number of benzene rings is 2. The number of carbonyl (C=O) groups is 1. The molecule has 0 aliphatic rings. The average Bonchev–Trinajstić information content (AvgIpc) is 3.05. The van der Waals surface area contributed by atoms with Crippen molar-refractivity contribution in [3.8, 4) is 0 Å². The molecular formula is C22H27N3O2. The van der Waals surface area contributed by atoms with Gasteiger partial charge in [0.1, 0.15) is 12.4 Å². The lowest BCUT2D eigenvalue weighted by Gasteiger charge is -2.20. The van der Waals surface area contributed by atoms with Crippen molar-refractivity contribution in [2.45, 2.75) is 38.8 Å². The fraction of sp³-hybridized carbons (Fsp3) is 0.364. The van der Waals surface area contributed by atoms with E-state index in [1.807, 2.05) is 36.4 Å². The van der Waals surface area contributed by atoms with Gasteiger partial charge in [-0.05, 0) is 30.5 Å². The van der Waals surface area contributed by atoms with Crippen LogP contribution >= 0.6 is 0 Å². The summed E-state index contributed by atoms with van der Waals surface area (Å²) in [6.45, 7) is 3.11. The Bertz CT molecular complexity index is 874. The van der Waals surface area contributed by atoms with Crippen molar-refractivity contribution in [3.63, 3.8) is 0 Å². The van der Waals surface area contributed by atoms with E-state index < -0.39 is 0 Å². The molecule has 5 nitrogen and oxygen atoms in total. The molecule has 0 saturated heterocycles. The number of hydrogen-bond donors (Lipinski definition) is 1. The Kier molecular flexibility index (Phi) is 6.60. The van der Waals surface area contributed by atoms with E-state index in [4.69, 9.17) is 9.72 Å². The lowest BCUT2D eigenvalue weighted by atomic mass is 10.1. The third-order valence-corrected chi connectivity index (χ3v) is 4.62. The van der Waals surface area contributed by atoms with Crippen LogP contribution in [0, 0.1) is 0 Å². The highest BCUT2D eigenvalue weighted by molar-refractivity contribution is 5.79. The SMILES string of the molecule is CCCCn1c([C@H](Cc2ccccc2)NC(=O)COC)nc2ccccc21. The predicted molar refractivity (Wildman–Crippen MR) is 108 cm³/mol. The van der Waals surface area contributed by atoms with Crippen LogP contribution in [-0.4, -0.2) is 29.2 Å². The first-order valence-corrected chi connectivity index (χ1v) is 9.50. The van der Waals surface area contributed by atoms with E-state index >= 15 is 0 Å². The van der Waals surface area contributed by atoms with Gasteiger partial charge < -0.3 is 14.6 Å². The molecule has 1 amide bonds. The zero-order valence-corrected chi connectivity index (χ0v) is 16.0. The van der Waals surface area contributed by atoms with Gasteiger partial charge in [-0.2, -0.15) is 0 Å². The molecule has 0 aliphatic heterocycles. The van der Waals surface area contributed by atoms with Crippen LogP contribution in [0.5, 0.6) is 0 Å². The number of rotatable bonds is 9. The average molecular weight is 365 g/mol. The number of aryl methyl sites for hydroxylation is 1. The van der Waals surface area contributed by atoms with Gasteiger partial charge in [0.2, 0.25) is 5.91 Å². The molecule has 0 radical (unpaired) electrons. The number of unbranched alkanes of at least 4 members (excludes halogenated alkanes) is 1. The summed E-state index contributed by atoms with van der Waals surface area (Å²) >= 11 is 0. The zero-order valence-electron chi connectivity index (χ0n) is 16.0. The molecular weight excluding hydrogens is 338 g/mol. The summed E-state index contributed by atoms with van der Waals surface area (Å²) in [4.78, 5) is 17.2. The Morgan fingerprint density at radius 2 is 1.89 bits per heavy atom. The Morgan fingerprint density at radius 1 is 1.15 bits per heavy atom. The standard InChI is InChI=1S/C22H27N3O2/c1-3-4-14-25-20-13-9-8-12-18(20)24-22(25)19(23-21(26)16-27-2)15-17-10-6-5-7-11-17/h5-13,19H,3-4,14-16H2,1-2H3,(H,23,26)/t19-/m0/s1. The molecule has 0 aliphatic carbocycles. The Morgan fingerprint density at radius 3 is 2.63 bits per heavy atom. The molecule has 3 rings (SSSR count). The first kappa shape index (κ1) is 19.1. The highest BCUT2D eigenvalue weighted by Crippen LogP contribution is 2.24. The molecule has 27 heavy (non-hydrogen) atoms. The normalized spacial score (nSPS) is 12.2. The van der Waals surface area contributed by atoms with E-state index in [0.29, 0.717) is 6.42 Å². The number of carbonyl (C=O) groups excluding carboxylic acids is 1. The van der Waals surface area contributed by atoms with Crippen LogP contribution in [0.15, 0.2) is 54.6 Å². The molecule has 1 aromatic heterocycles. The summed E-state index contributed by atoms with van der Waals surface area (Å²) < 4.78 is 7.25. The molecule has 0 saturated carbocycles. The number of amides is 1. The van der Waals surface area contributed by atoms with E-state index in [1.54, 1.807) is 0 Å². The summed E-state index contributed by atoms with van der Waals surface area (Å²) in [7, 11) is 1.53. The van der Waals surface area contributed by atoms with Gasteiger partial charge in [0.15, 0.2) is 0 Å². The molecule has 0 unspecified atom stereocenters. The van der Waals surface area contributed by atoms with Crippen molar-refractivity contribution < 1.29 is 9.53 Å². The summed E-state index contributed by atoms with van der Waals surface area (Å²) in [6.07, 6.45) is 2.86. The number of methoxy groups -OCH3 is 1. The number of nitrogens with one attached hydrogen (secondary N) is 1. The second-order valence-electron chi connectivity index (χ2n) is 6.71. The summed E-state index contributed by atoms with van der Waals surface area (Å²) in [5.41, 5.74) is 3.23. The third kappa shape index (κ3) is 4.74. The fourth-order valence-corrected chi connectivity index (χ4v) is 3.34. The molecule has 0 bridgehead atoms. The summed E-state index contributed by atoms with van der Waals surface area (Å²) in [5, 5.41) is 3.11. The van der Waals surface area contributed by atoms with Gasteiger partial charge in [-0.3, -0.25) is 4.79 Å². The van der Waals surface area contributed by atoms with Crippen LogP contribution in [0.1, 0.15) is 37.2 Å². The van der Waals surface area contributed by atoms with Crippen LogP contribution in [0.4, 0.5) is 0 Å². The largest absolute Gasteiger partial charge is 0.375 e. The number of nitrogens with zero attached hydrogens (tertiary/aromatic N) is 2. The first-order chi connectivity index (χ1) is 13.2. The van der Waals surface area contributed by atoms with E-state index in [9.17, 15) is 4.79 Å². The van der Waals surface area contributed by atoms with Crippen molar-refractivity contribution in [3.05, 3.63) is 66.0 Å². The highest BCUT2D eigenvalue weighted by atomic mass is 16.5. The number of imidazole rings is 1.